The third kappa shape index (κ3) is 4.33. The number of rotatable bonds is 8. The highest BCUT2D eigenvalue weighted by atomic mass is 15.1. The van der Waals surface area contributed by atoms with Crippen LogP contribution in [0.3, 0.4) is 0 Å². The van der Waals surface area contributed by atoms with Crippen molar-refractivity contribution in [1.82, 2.24) is 10.2 Å². The zero-order valence-corrected chi connectivity index (χ0v) is 13.2. The highest BCUT2D eigenvalue weighted by Crippen LogP contribution is 2.24. The Morgan fingerprint density at radius 2 is 1.95 bits per heavy atom. The van der Waals surface area contributed by atoms with Gasteiger partial charge in [-0.1, -0.05) is 51.1 Å². The lowest BCUT2D eigenvalue weighted by atomic mass is 9.88. The Labute approximate surface area is 123 Å². The first-order valence-electron chi connectivity index (χ1n) is 7.46. The van der Waals surface area contributed by atoms with E-state index in [4.69, 9.17) is 0 Å². The number of nitrogens with zero attached hydrogens (tertiary/aromatic N) is 2. The van der Waals surface area contributed by atoms with Crippen LogP contribution in [0.25, 0.3) is 0 Å². The summed E-state index contributed by atoms with van der Waals surface area (Å²) in [6, 6.07) is 12.5. The van der Waals surface area contributed by atoms with E-state index in [1.807, 2.05) is 37.4 Å². The molecule has 0 fully saturated rings. The molecule has 20 heavy (non-hydrogen) atoms. The fourth-order valence-electron chi connectivity index (χ4n) is 2.53. The molecule has 0 aliphatic rings. The zero-order valence-electron chi connectivity index (χ0n) is 13.2. The minimum absolute atomic E-state index is 0.592. The van der Waals surface area contributed by atoms with Crippen LogP contribution < -0.4 is 5.32 Å². The van der Waals surface area contributed by atoms with Gasteiger partial charge in [-0.3, -0.25) is 5.32 Å². The van der Waals surface area contributed by atoms with Crippen LogP contribution in [-0.2, 0) is 5.54 Å². The van der Waals surface area contributed by atoms with Crippen molar-refractivity contribution in [2.45, 2.75) is 32.7 Å². The summed E-state index contributed by atoms with van der Waals surface area (Å²) < 4.78 is 0. The number of nitrogens with one attached hydrogen (secondary N) is 1. The van der Waals surface area contributed by atoms with Crippen molar-refractivity contribution < 1.29 is 0 Å². The quantitative estimate of drug-likeness (QED) is 0.791. The van der Waals surface area contributed by atoms with Crippen LogP contribution in [0.5, 0.6) is 0 Å². The van der Waals surface area contributed by atoms with Crippen LogP contribution in [0.2, 0.25) is 0 Å². The lowest BCUT2D eigenvalue weighted by Crippen LogP contribution is -2.42. The van der Waals surface area contributed by atoms with Crippen molar-refractivity contribution >= 4 is 0 Å². The van der Waals surface area contributed by atoms with E-state index in [1.54, 1.807) is 0 Å². The van der Waals surface area contributed by atoms with Gasteiger partial charge in [-0.2, -0.15) is 5.26 Å². The molecule has 0 amide bonds. The molecule has 0 aliphatic heterocycles. The molecule has 0 saturated heterocycles. The first-order valence-corrected chi connectivity index (χ1v) is 7.46. The molecule has 0 radical (unpaired) electrons. The summed E-state index contributed by atoms with van der Waals surface area (Å²) in [4.78, 5) is 2.41. The molecule has 3 heteroatoms. The van der Waals surface area contributed by atoms with Gasteiger partial charge in [0.2, 0.25) is 0 Å². The van der Waals surface area contributed by atoms with Gasteiger partial charge >= 0.3 is 0 Å². The molecule has 0 aromatic heterocycles. The normalized spacial score (nSPS) is 14.2. The van der Waals surface area contributed by atoms with Crippen molar-refractivity contribution in [3.05, 3.63) is 35.9 Å². The maximum atomic E-state index is 9.67. The highest BCUT2D eigenvalue weighted by Gasteiger charge is 2.30. The maximum absolute atomic E-state index is 9.67. The van der Waals surface area contributed by atoms with Gasteiger partial charge in [-0.15, -0.1) is 0 Å². The first kappa shape index (κ1) is 16.7. The summed E-state index contributed by atoms with van der Waals surface area (Å²) in [5, 5.41) is 12.9. The average molecular weight is 273 g/mol. The second kappa shape index (κ2) is 8.04. The van der Waals surface area contributed by atoms with E-state index in [0.717, 1.165) is 31.6 Å². The Kier molecular flexibility index (Phi) is 6.70. The SMILES string of the molecule is CCN(CCC(C#N)(NC)c1ccccc1)CC(C)C. The molecule has 1 rings (SSSR count). The number of nitriles is 1. The van der Waals surface area contributed by atoms with Crippen molar-refractivity contribution in [3.8, 4) is 6.07 Å². The largest absolute Gasteiger partial charge is 0.303 e. The van der Waals surface area contributed by atoms with Gasteiger partial charge < -0.3 is 4.90 Å². The Balaban J connectivity index is 2.80. The minimum atomic E-state index is -0.592. The molecule has 3 nitrogen and oxygen atoms in total. The van der Waals surface area contributed by atoms with E-state index >= 15 is 0 Å². The van der Waals surface area contributed by atoms with Gasteiger partial charge in [0, 0.05) is 13.1 Å². The summed E-state index contributed by atoms with van der Waals surface area (Å²) >= 11 is 0. The summed E-state index contributed by atoms with van der Waals surface area (Å²) in [7, 11) is 1.87. The number of hydrogen-bond donors (Lipinski definition) is 1. The standard InChI is InChI=1S/C17H27N3/c1-5-20(13-15(2)3)12-11-17(14-18,19-4)16-9-7-6-8-10-16/h6-10,15,19H,5,11-13H2,1-4H3. The first-order chi connectivity index (χ1) is 9.57. The molecule has 110 valence electrons. The predicted octanol–water partition coefficient (Wildman–Crippen LogP) is 2.99. The van der Waals surface area contributed by atoms with Gasteiger partial charge in [-0.05, 0) is 31.5 Å². The average Bonchev–Trinajstić information content (AvgIpc) is 2.48. The van der Waals surface area contributed by atoms with E-state index in [-0.39, 0.29) is 0 Å². The van der Waals surface area contributed by atoms with Gasteiger partial charge in [0.05, 0.1) is 6.07 Å². The smallest absolute Gasteiger partial charge is 0.133 e. The molecule has 1 N–H and O–H groups in total. The molecule has 1 atom stereocenters. The summed E-state index contributed by atoms with van der Waals surface area (Å²) in [5.74, 6) is 0.651. The lowest BCUT2D eigenvalue weighted by Gasteiger charge is -2.30. The van der Waals surface area contributed by atoms with Gasteiger partial charge in [0.1, 0.15) is 5.54 Å². The van der Waals surface area contributed by atoms with Crippen LogP contribution in [0.15, 0.2) is 30.3 Å². The third-order valence-electron chi connectivity index (χ3n) is 3.76. The van der Waals surface area contributed by atoms with Crippen LogP contribution in [0.4, 0.5) is 0 Å². The molecule has 0 spiro atoms. The predicted molar refractivity (Wildman–Crippen MR) is 84.4 cm³/mol. The molecule has 1 unspecified atom stereocenters. The Morgan fingerprint density at radius 3 is 2.40 bits per heavy atom. The number of hydrogen-bond acceptors (Lipinski definition) is 3. The molecular formula is C17H27N3. The lowest BCUT2D eigenvalue weighted by molar-refractivity contribution is 0.230. The second-order valence-corrected chi connectivity index (χ2v) is 5.67. The van der Waals surface area contributed by atoms with E-state index in [1.165, 1.54) is 0 Å². The van der Waals surface area contributed by atoms with Crippen molar-refractivity contribution in [2.24, 2.45) is 5.92 Å². The van der Waals surface area contributed by atoms with E-state index < -0.39 is 5.54 Å². The van der Waals surface area contributed by atoms with Crippen LogP contribution in [-0.4, -0.2) is 31.6 Å². The summed E-state index contributed by atoms with van der Waals surface area (Å²) in [6.45, 7) is 9.68. The van der Waals surface area contributed by atoms with Crippen molar-refractivity contribution in [2.75, 3.05) is 26.7 Å². The Morgan fingerprint density at radius 1 is 1.30 bits per heavy atom. The fraction of sp³-hybridized carbons (Fsp3) is 0.588. The molecule has 0 aliphatic carbocycles. The molecule has 1 aromatic carbocycles. The van der Waals surface area contributed by atoms with Gasteiger partial charge in [0.15, 0.2) is 0 Å². The Bertz CT molecular complexity index is 422. The van der Waals surface area contributed by atoms with Crippen LogP contribution in [0, 0.1) is 17.2 Å². The highest BCUT2D eigenvalue weighted by molar-refractivity contribution is 5.31. The molecule has 1 aromatic rings. The zero-order chi connectivity index (χ0) is 15.0. The Hall–Kier alpha value is -1.37. The maximum Gasteiger partial charge on any atom is 0.133 e. The van der Waals surface area contributed by atoms with E-state index in [2.05, 4.69) is 37.1 Å². The monoisotopic (exact) mass is 273 g/mol. The summed E-state index contributed by atoms with van der Waals surface area (Å²) in [6.07, 6.45) is 0.796. The molecular weight excluding hydrogens is 246 g/mol. The fourth-order valence-corrected chi connectivity index (χ4v) is 2.53. The third-order valence-corrected chi connectivity index (χ3v) is 3.76. The van der Waals surface area contributed by atoms with Crippen LogP contribution >= 0.6 is 0 Å². The van der Waals surface area contributed by atoms with Crippen molar-refractivity contribution in [3.63, 3.8) is 0 Å². The van der Waals surface area contributed by atoms with Crippen LogP contribution in [0.1, 0.15) is 32.8 Å². The van der Waals surface area contributed by atoms with Gasteiger partial charge in [-0.25, -0.2) is 0 Å². The number of benzene rings is 1. The van der Waals surface area contributed by atoms with Gasteiger partial charge in [0.25, 0.3) is 0 Å². The minimum Gasteiger partial charge on any atom is -0.303 e. The van der Waals surface area contributed by atoms with E-state index in [9.17, 15) is 5.26 Å². The molecule has 0 saturated carbocycles. The second-order valence-electron chi connectivity index (χ2n) is 5.67. The topological polar surface area (TPSA) is 39.1 Å². The molecule has 0 heterocycles. The summed E-state index contributed by atoms with van der Waals surface area (Å²) in [5.41, 5.74) is 0.455. The molecule has 0 bridgehead atoms. The van der Waals surface area contributed by atoms with Crippen molar-refractivity contribution in [1.29, 1.82) is 5.26 Å². The van der Waals surface area contributed by atoms with E-state index in [0.29, 0.717) is 5.92 Å².